The Bertz CT molecular complexity index is 1090. The SMILES string of the molecule is O=C(Oc1ccc([N+](=O)[O-])cc1)N1CC2C(CNC(=O)C(O)(c3ccccc3)C3CCCC3)C2C1. The predicted octanol–water partition coefficient (Wildman–Crippen LogP) is 3.47. The van der Waals surface area contributed by atoms with E-state index < -0.39 is 16.6 Å². The molecule has 5 rings (SSSR count). The van der Waals surface area contributed by atoms with Crippen molar-refractivity contribution in [3.05, 3.63) is 70.3 Å². The summed E-state index contributed by atoms with van der Waals surface area (Å²) in [7, 11) is 0. The van der Waals surface area contributed by atoms with Crippen LogP contribution in [0, 0.1) is 33.8 Å². The van der Waals surface area contributed by atoms with Crippen LogP contribution in [-0.2, 0) is 10.4 Å². The van der Waals surface area contributed by atoms with Crippen LogP contribution in [0.2, 0.25) is 0 Å². The topological polar surface area (TPSA) is 122 Å². The molecule has 2 aliphatic carbocycles. The zero-order chi connectivity index (χ0) is 24.6. The average Bonchev–Trinajstić information content (AvgIpc) is 3.26. The van der Waals surface area contributed by atoms with E-state index in [1.54, 1.807) is 4.90 Å². The molecule has 2 aromatic rings. The van der Waals surface area contributed by atoms with Crippen LogP contribution in [0.3, 0.4) is 0 Å². The largest absolute Gasteiger partial charge is 0.415 e. The number of nitro benzene ring substituents is 1. The molecule has 0 spiro atoms. The third kappa shape index (κ3) is 4.48. The zero-order valence-corrected chi connectivity index (χ0v) is 19.3. The minimum Gasteiger partial charge on any atom is -0.410 e. The molecular formula is C26H29N3O6. The quantitative estimate of drug-likeness (QED) is 0.463. The summed E-state index contributed by atoms with van der Waals surface area (Å²) in [5.74, 6) is 0.679. The summed E-state index contributed by atoms with van der Waals surface area (Å²) in [6.07, 6.45) is 3.23. The number of likely N-dealkylation sites (tertiary alicyclic amines) is 1. The third-order valence-corrected chi connectivity index (χ3v) is 7.89. The maximum Gasteiger partial charge on any atom is 0.415 e. The molecule has 184 valence electrons. The summed E-state index contributed by atoms with van der Waals surface area (Å²) in [5.41, 5.74) is -0.952. The van der Waals surface area contributed by atoms with Crippen molar-refractivity contribution in [3.8, 4) is 5.75 Å². The number of nitrogens with zero attached hydrogens (tertiary/aromatic N) is 2. The Balaban J connectivity index is 1.13. The smallest absolute Gasteiger partial charge is 0.410 e. The number of fused-ring (bicyclic) bond motifs is 1. The Hall–Kier alpha value is -3.46. The number of non-ortho nitro benzene ring substituents is 1. The molecule has 3 unspecified atom stereocenters. The van der Waals surface area contributed by atoms with Gasteiger partial charge in [-0.1, -0.05) is 43.2 Å². The van der Waals surface area contributed by atoms with Crippen LogP contribution in [0.4, 0.5) is 10.5 Å². The van der Waals surface area contributed by atoms with E-state index in [2.05, 4.69) is 5.32 Å². The Kier molecular flexibility index (Phi) is 6.19. The monoisotopic (exact) mass is 479 g/mol. The number of nitro groups is 1. The Morgan fingerprint density at radius 2 is 1.69 bits per heavy atom. The number of hydrogen-bond acceptors (Lipinski definition) is 6. The van der Waals surface area contributed by atoms with E-state index in [1.165, 1.54) is 24.3 Å². The second-order valence-corrected chi connectivity index (χ2v) is 9.84. The molecule has 3 atom stereocenters. The molecule has 2 aromatic carbocycles. The number of carbonyl (C=O) groups is 2. The highest BCUT2D eigenvalue weighted by atomic mass is 16.6. The van der Waals surface area contributed by atoms with Gasteiger partial charge in [0.05, 0.1) is 4.92 Å². The van der Waals surface area contributed by atoms with Gasteiger partial charge in [0, 0.05) is 37.7 Å². The van der Waals surface area contributed by atoms with Gasteiger partial charge in [-0.25, -0.2) is 4.79 Å². The lowest BCUT2D eigenvalue weighted by molar-refractivity contribution is -0.384. The number of nitrogens with one attached hydrogen (secondary N) is 1. The van der Waals surface area contributed by atoms with E-state index >= 15 is 0 Å². The van der Waals surface area contributed by atoms with Gasteiger partial charge in [-0.3, -0.25) is 14.9 Å². The molecule has 2 saturated carbocycles. The lowest BCUT2D eigenvalue weighted by atomic mass is 9.79. The van der Waals surface area contributed by atoms with Crippen LogP contribution in [-0.4, -0.2) is 46.6 Å². The van der Waals surface area contributed by atoms with Gasteiger partial charge < -0.3 is 20.1 Å². The van der Waals surface area contributed by atoms with E-state index in [-0.39, 0.29) is 41.0 Å². The minimum atomic E-state index is -1.53. The van der Waals surface area contributed by atoms with Crippen LogP contribution >= 0.6 is 0 Å². The fraction of sp³-hybridized carbons (Fsp3) is 0.462. The minimum absolute atomic E-state index is 0.0656. The molecule has 0 radical (unpaired) electrons. The van der Waals surface area contributed by atoms with Gasteiger partial charge in [-0.15, -0.1) is 0 Å². The predicted molar refractivity (Wildman–Crippen MR) is 126 cm³/mol. The molecule has 35 heavy (non-hydrogen) atoms. The first kappa shape index (κ1) is 23.3. The number of carbonyl (C=O) groups excluding carboxylic acids is 2. The summed E-state index contributed by atoms with van der Waals surface area (Å²) in [6.45, 7) is 1.56. The molecule has 9 heteroatoms. The molecule has 1 heterocycles. The van der Waals surface area contributed by atoms with E-state index in [1.807, 2.05) is 30.3 Å². The van der Waals surface area contributed by atoms with E-state index in [9.17, 15) is 24.8 Å². The second kappa shape index (κ2) is 9.30. The fourth-order valence-corrected chi connectivity index (χ4v) is 5.84. The Morgan fingerprint density at radius 3 is 2.29 bits per heavy atom. The van der Waals surface area contributed by atoms with Crippen molar-refractivity contribution in [3.63, 3.8) is 0 Å². The average molecular weight is 480 g/mol. The van der Waals surface area contributed by atoms with Crippen LogP contribution in [0.15, 0.2) is 54.6 Å². The van der Waals surface area contributed by atoms with E-state index in [0.29, 0.717) is 25.2 Å². The van der Waals surface area contributed by atoms with Crippen molar-refractivity contribution in [1.82, 2.24) is 10.2 Å². The van der Waals surface area contributed by atoms with E-state index in [4.69, 9.17) is 4.74 Å². The molecule has 3 aliphatic rings. The zero-order valence-electron chi connectivity index (χ0n) is 19.3. The van der Waals surface area contributed by atoms with Crippen molar-refractivity contribution in [1.29, 1.82) is 0 Å². The molecule has 9 nitrogen and oxygen atoms in total. The number of benzene rings is 2. The lowest BCUT2D eigenvalue weighted by Crippen LogP contribution is -2.49. The van der Waals surface area contributed by atoms with Crippen molar-refractivity contribution < 1.29 is 24.4 Å². The number of amides is 2. The Labute approximate surface area is 203 Å². The van der Waals surface area contributed by atoms with Crippen LogP contribution < -0.4 is 10.1 Å². The molecule has 0 aromatic heterocycles. The number of piperidine rings is 1. The van der Waals surface area contributed by atoms with Gasteiger partial charge in [0.2, 0.25) is 0 Å². The van der Waals surface area contributed by atoms with Crippen molar-refractivity contribution in [2.24, 2.45) is 23.7 Å². The highest BCUT2D eigenvalue weighted by molar-refractivity contribution is 5.86. The van der Waals surface area contributed by atoms with Gasteiger partial charge in [0.1, 0.15) is 5.75 Å². The highest BCUT2D eigenvalue weighted by Crippen LogP contribution is 2.51. The maximum absolute atomic E-state index is 13.3. The normalized spacial score (nSPS) is 24.9. The van der Waals surface area contributed by atoms with Gasteiger partial charge in [-0.2, -0.15) is 0 Å². The summed E-state index contributed by atoms with van der Waals surface area (Å²) < 4.78 is 5.35. The van der Waals surface area contributed by atoms with Crippen molar-refractivity contribution in [2.75, 3.05) is 19.6 Å². The van der Waals surface area contributed by atoms with Crippen LogP contribution in [0.1, 0.15) is 31.2 Å². The molecule has 3 fully saturated rings. The molecule has 2 N–H and O–H groups in total. The van der Waals surface area contributed by atoms with Gasteiger partial charge >= 0.3 is 6.09 Å². The number of ether oxygens (including phenoxy) is 1. The first-order chi connectivity index (χ1) is 16.9. The fourth-order valence-electron chi connectivity index (χ4n) is 5.84. The van der Waals surface area contributed by atoms with Gasteiger partial charge in [-0.05, 0) is 48.3 Å². The lowest BCUT2D eigenvalue weighted by Gasteiger charge is -2.33. The summed E-state index contributed by atoms with van der Waals surface area (Å²) in [4.78, 5) is 37.6. The number of aliphatic hydroxyl groups is 1. The van der Waals surface area contributed by atoms with Crippen molar-refractivity contribution in [2.45, 2.75) is 31.3 Å². The Morgan fingerprint density at radius 1 is 1.06 bits per heavy atom. The summed E-state index contributed by atoms with van der Waals surface area (Å²) in [6, 6.07) is 14.6. The molecule has 0 bridgehead atoms. The molecule has 1 saturated heterocycles. The summed E-state index contributed by atoms with van der Waals surface area (Å²) in [5, 5.41) is 25.3. The van der Waals surface area contributed by atoms with E-state index in [0.717, 1.165) is 25.7 Å². The molecule has 1 aliphatic heterocycles. The first-order valence-electron chi connectivity index (χ1n) is 12.2. The summed E-state index contributed by atoms with van der Waals surface area (Å²) >= 11 is 0. The number of hydrogen-bond donors (Lipinski definition) is 2. The number of rotatable bonds is 7. The maximum atomic E-state index is 13.3. The van der Waals surface area contributed by atoms with Gasteiger partial charge in [0.15, 0.2) is 5.60 Å². The molecule has 2 amide bonds. The third-order valence-electron chi connectivity index (χ3n) is 7.89. The molecular weight excluding hydrogens is 450 g/mol. The van der Waals surface area contributed by atoms with Crippen molar-refractivity contribution >= 4 is 17.7 Å². The van der Waals surface area contributed by atoms with Crippen LogP contribution in [0.5, 0.6) is 5.75 Å². The second-order valence-electron chi connectivity index (χ2n) is 9.84. The van der Waals surface area contributed by atoms with Gasteiger partial charge in [0.25, 0.3) is 11.6 Å². The highest BCUT2D eigenvalue weighted by Gasteiger charge is 2.57. The standard InChI is InChI=1S/C26H29N3O6/c30-24(26(32,18-8-4-5-9-18)17-6-2-1-3-7-17)27-14-21-22-15-28(16-23(21)22)25(31)35-20-12-10-19(11-13-20)29(33)34/h1-3,6-7,10-13,18,21-23,32H,4-5,8-9,14-16H2,(H,27,30). The first-order valence-corrected chi connectivity index (χ1v) is 12.2. The van der Waals surface area contributed by atoms with Crippen LogP contribution in [0.25, 0.3) is 0 Å².